The molecule has 0 spiro atoms. The Balaban J connectivity index is 1.39. The predicted molar refractivity (Wildman–Crippen MR) is 95.9 cm³/mol. The van der Waals surface area contributed by atoms with Crippen LogP contribution in [-0.4, -0.2) is 24.0 Å². The van der Waals surface area contributed by atoms with Crippen molar-refractivity contribution in [2.75, 3.05) is 23.4 Å². The largest absolute Gasteiger partial charge is 0.493 e. The molecule has 0 unspecified atom stereocenters. The second kappa shape index (κ2) is 7.94. The van der Waals surface area contributed by atoms with Gasteiger partial charge in [0.15, 0.2) is 0 Å². The van der Waals surface area contributed by atoms with Crippen molar-refractivity contribution in [3.63, 3.8) is 0 Å². The summed E-state index contributed by atoms with van der Waals surface area (Å²) in [6.45, 7) is 0.577. The molecule has 0 atom stereocenters. The van der Waals surface area contributed by atoms with E-state index in [0.29, 0.717) is 18.0 Å². The van der Waals surface area contributed by atoms with E-state index in [1.54, 1.807) is 0 Å². The number of fused-ring (bicyclic) bond motifs is 1. The number of benzene rings is 2. The van der Waals surface area contributed by atoms with Gasteiger partial charge in [0.25, 0.3) is 0 Å². The van der Waals surface area contributed by atoms with E-state index in [1.807, 2.05) is 48.5 Å². The predicted octanol–water partition coefficient (Wildman–Crippen LogP) is 4.16. The van der Waals surface area contributed by atoms with Crippen LogP contribution < -0.4 is 10.1 Å². The highest BCUT2D eigenvalue weighted by Gasteiger charge is 2.12. The molecule has 1 amide bonds. The molecule has 1 aliphatic heterocycles. The summed E-state index contributed by atoms with van der Waals surface area (Å²) in [7, 11) is 0. The number of carbonyl (C=O) groups is 1. The maximum atomic E-state index is 12.0. The van der Waals surface area contributed by atoms with Gasteiger partial charge in [0.2, 0.25) is 5.91 Å². The first-order valence-electron chi connectivity index (χ1n) is 7.09. The molecule has 0 saturated heterocycles. The van der Waals surface area contributed by atoms with Crippen LogP contribution in [0.15, 0.2) is 57.3 Å². The van der Waals surface area contributed by atoms with Crippen molar-refractivity contribution < 1.29 is 9.53 Å². The van der Waals surface area contributed by atoms with Crippen LogP contribution in [0, 0.1) is 0 Å². The van der Waals surface area contributed by atoms with E-state index in [4.69, 9.17) is 4.74 Å². The minimum atomic E-state index is -0.0461. The third-order valence-electron chi connectivity index (χ3n) is 3.03. The zero-order valence-corrected chi connectivity index (χ0v) is 13.9. The summed E-state index contributed by atoms with van der Waals surface area (Å²) in [4.78, 5) is 12.0. The molecule has 23 heavy (non-hydrogen) atoms. The van der Waals surface area contributed by atoms with Crippen molar-refractivity contribution in [3.8, 4) is 5.75 Å². The normalized spacial score (nSPS) is 11.7. The van der Waals surface area contributed by atoms with Gasteiger partial charge in [-0.25, -0.2) is 0 Å². The second-order valence-electron chi connectivity index (χ2n) is 4.70. The summed E-state index contributed by atoms with van der Waals surface area (Å²) in [5.74, 6) is 1.94. The van der Waals surface area contributed by atoms with Crippen LogP contribution in [0.25, 0.3) is 0 Å². The quantitative estimate of drug-likeness (QED) is 0.654. The lowest BCUT2D eigenvalue weighted by molar-refractivity contribution is -0.113. The van der Waals surface area contributed by atoms with E-state index >= 15 is 0 Å². The average Bonchev–Trinajstić information content (AvgIpc) is 3.05. The van der Waals surface area contributed by atoms with Gasteiger partial charge in [0, 0.05) is 5.75 Å². The third-order valence-corrected chi connectivity index (χ3v) is 4.50. The Hall–Kier alpha value is -2.12. The van der Waals surface area contributed by atoms with Gasteiger partial charge in [0.05, 0.1) is 29.4 Å². The van der Waals surface area contributed by atoms with Crippen LogP contribution >= 0.6 is 11.8 Å². The lowest BCUT2D eigenvalue weighted by Gasteiger charge is -2.08. The summed E-state index contributed by atoms with van der Waals surface area (Å²) in [5, 5.41) is 2.88. The number of thioether (sulfide) groups is 1. The Labute approximate surface area is 142 Å². The Morgan fingerprint density at radius 1 is 1.13 bits per heavy atom. The molecule has 1 N–H and O–H groups in total. The van der Waals surface area contributed by atoms with Crippen molar-refractivity contribution in [1.82, 2.24) is 0 Å². The van der Waals surface area contributed by atoms with Crippen LogP contribution in [0.3, 0.4) is 0 Å². The molecular weight excluding hydrogens is 330 g/mol. The lowest BCUT2D eigenvalue weighted by Crippen LogP contribution is -2.15. The maximum Gasteiger partial charge on any atom is 0.234 e. The summed E-state index contributed by atoms with van der Waals surface area (Å²) in [6, 6.07) is 15.2. The van der Waals surface area contributed by atoms with Gasteiger partial charge < -0.3 is 10.1 Å². The topological polar surface area (TPSA) is 63.0 Å². The molecule has 0 radical (unpaired) electrons. The summed E-state index contributed by atoms with van der Waals surface area (Å²) in [6.07, 6.45) is 0. The van der Waals surface area contributed by atoms with Crippen molar-refractivity contribution in [2.24, 2.45) is 8.73 Å². The molecule has 1 aliphatic rings. The minimum Gasteiger partial charge on any atom is -0.493 e. The fraction of sp³-hybridized carbons (Fsp3) is 0.188. The van der Waals surface area contributed by atoms with Gasteiger partial charge in [-0.3, -0.25) is 4.79 Å². The van der Waals surface area contributed by atoms with E-state index in [-0.39, 0.29) is 5.91 Å². The first-order valence-corrected chi connectivity index (χ1v) is 8.98. The van der Waals surface area contributed by atoms with Crippen LogP contribution in [0.2, 0.25) is 0 Å². The first kappa shape index (κ1) is 15.8. The molecule has 7 heteroatoms. The average molecular weight is 345 g/mol. The number of anilines is 1. The fourth-order valence-corrected chi connectivity index (χ4v) is 3.15. The lowest BCUT2D eigenvalue weighted by atomic mass is 10.2. The van der Waals surface area contributed by atoms with E-state index < -0.39 is 0 Å². The monoisotopic (exact) mass is 345 g/mol. The Kier molecular flexibility index (Phi) is 5.44. The third kappa shape index (κ3) is 4.43. The molecule has 0 aromatic heterocycles. The number of hydrogen-bond donors (Lipinski definition) is 1. The van der Waals surface area contributed by atoms with E-state index in [0.717, 1.165) is 34.2 Å². The Morgan fingerprint density at radius 2 is 2.00 bits per heavy atom. The molecule has 0 fully saturated rings. The Bertz CT molecular complexity index is 759. The number of nitrogens with one attached hydrogen (secondary N) is 1. The molecule has 2 aromatic rings. The minimum absolute atomic E-state index is 0.0461. The summed E-state index contributed by atoms with van der Waals surface area (Å²) < 4.78 is 13.9. The van der Waals surface area contributed by atoms with Crippen LogP contribution in [0.5, 0.6) is 5.75 Å². The van der Waals surface area contributed by atoms with Crippen molar-refractivity contribution in [1.29, 1.82) is 0 Å². The van der Waals surface area contributed by atoms with E-state index in [9.17, 15) is 4.79 Å². The highest BCUT2D eigenvalue weighted by molar-refractivity contribution is 7.99. The molecule has 0 bridgehead atoms. The molecular formula is C16H15N3O2S2. The van der Waals surface area contributed by atoms with Gasteiger partial charge in [-0.1, -0.05) is 24.3 Å². The first-order chi connectivity index (χ1) is 11.3. The van der Waals surface area contributed by atoms with Crippen LogP contribution in [0.1, 0.15) is 0 Å². The number of rotatable bonds is 7. The van der Waals surface area contributed by atoms with Gasteiger partial charge in [-0.15, -0.1) is 11.8 Å². The smallest absolute Gasteiger partial charge is 0.234 e. The van der Waals surface area contributed by atoms with Gasteiger partial charge >= 0.3 is 0 Å². The van der Waals surface area contributed by atoms with Crippen molar-refractivity contribution in [3.05, 3.63) is 48.5 Å². The number of amides is 1. The number of ether oxygens (including phenoxy) is 1. The SMILES string of the molecule is O=C(CSCCOc1ccccc1)Nc1cccc2c1N=S=N2. The molecule has 2 aromatic carbocycles. The standard InChI is InChI=1S/C16H15N3O2S2/c20-15(11-22-10-9-21-12-5-2-1-3-6-12)17-13-7-4-8-14-16(13)19-23-18-14/h1-8H,9-11H2,(H,17,20). The number of nitrogens with zero attached hydrogens (tertiary/aromatic N) is 2. The molecule has 118 valence electrons. The highest BCUT2D eigenvalue weighted by atomic mass is 32.2. The van der Waals surface area contributed by atoms with Gasteiger partial charge in [-0.05, 0) is 24.3 Å². The highest BCUT2D eigenvalue weighted by Crippen LogP contribution is 2.38. The number of para-hydroxylation sites is 1. The number of carbonyl (C=O) groups excluding carboxylic acids is 1. The van der Waals surface area contributed by atoms with E-state index in [1.165, 1.54) is 11.8 Å². The zero-order chi connectivity index (χ0) is 15.9. The molecule has 3 rings (SSSR count). The molecule has 5 nitrogen and oxygen atoms in total. The van der Waals surface area contributed by atoms with Gasteiger partial charge in [-0.2, -0.15) is 8.73 Å². The maximum absolute atomic E-state index is 12.0. The zero-order valence-electron chi connectivity index (χ0n) is 12.3. The number of hydrogen-bond acceptors (Lipinski definition) is 5. The van der Waals surface area contributed by atoms with Crippen molar-refractivity contribution >= 4 is 46.1 Å². The summed E-state index contributed by atoms with van der Waals surface area (Å²) >= 11 is 2.68. The van der Waals surface area contributed by atoms with Crippen molar-refractivity contribution in [2.45, 2.75) is 0 Å². The Morgan fingerprint density at radius 3 is 2.87 bits per heavy atom. The van der Waals surface area contributed by atoms with E-state index in [2.05, 4.69) is 14.0 Å². The summed E-state index contributed by atoms with van der Waals surface area (Å²) in [5.41, 5.74) is 2.25. The van der Waals surface area contributed by atoms with Gasteiger partial charge in [0.1, 0.15) is 17.1 Å². The molecule has 1 heterocycles. The fourth-order valence-electron chi connectivity index (χ4n) is 1.99. The van der Waals surface area contributed by atoms with Crippen LogP contribution in [0.4, 0.5) is 17.1 Å². The molecule has 0 aliphatic carbocycles. The second-order valence-corrected chi connectivity index (χ2v) is 6.33. The molecule has 0 saturated carbocycles. The van der Waals surface area contributed by atoms with Crippen LogP contribution in [-0.2, 0) is 16.1 Å².